The number of ether oxygens (including phenoxy) is 3. The predicted octanol–water partition coefficient (Wildman–Crippen LogP) is 1.15. The van der Waals surface area contributed by atoms with Crippen LogP contribution in [-0.2, 0) is 32.9 Å². The van der Waals surface area contributed by atoms with E-state index in [4.69, 9.17) is 29.0 Å². The number of carbonyl (C=O) groups is 2. The Balaban J connectivity index is 1.94. The highest BCUT2D eigenvalue weighted by Crippen LogP contribution is 2.48. The summed E-state index contributed by atoms with van der Waals surface area (Å²) in [5.74, 6) is -1.62. The van der Waals surface area contributed by atoms with Gasteiger partial charge in [-0.3, -0.25) is 18.7 Å². The number of nitrogen functional groups attached to an aromatic ring is 1. The summed E-state index contributed by atoms with van der Waals surface area (Å²) < 4.78 is 41.6. The number of rotatable bonds is 15. The van der Waals surface area contributed by atoms with E-state index in [2.05, 4.69) is 20.1 Å². The normalized spacial score (nSPS) is 23.4. The Labute approximate surface area is 244 Å². The van der Waals surface area contributed by atoms with Gasteiger partial charge in [-0.15, -0.1) is 0 Å². The summed E-state index contributed by atoms with van der Waals surface area (Å²) >= 11 is 0. The summed E-state index contributed by atoms with van der Waals surface area (Å²) in [6, 6.07) is 7.46. The number of benzene rings is 1. The zero-order valence-electron chi connectivity index (χ0n) is 23.2. The highest BCUT2D eigenvalue weighted by atomic mass is 31.2. The molecule has 0 aliphatic carbocycles. The van der Waals surface area contributed by atoms with Crippen molar-refractivity contribution >= 4 is 25.5 Å². The van der Waals surface area contributed by atoms with Crippen molar-refractivity contribution in [1.29, 1.82) is 0 Å². The number of hydrogen-bond donors (Lipinski definition) is 4. The van der Waals surface area contributed by atoms with E-state index >= 15 is 0 Å². The van der Waals surface area contributed by atoms with E-state index in [0.29, 0.717) is 0 Å². The quantitative estimate of drug-likeness (QED) is 0.0712. The van der Waals surface area contributed by atoms with E-state index in [-0.39, 0.29) is 37.6 Å². The Hall–Kier alpha value is -4.02. The van der Waals surface area contributed by atoms with Crippen LogP contribution in [0.15, 0.2) is 52.5 Å². The van der Waals surface area contributed by atoms with Gasteiger partial charge in [0.05, 0.1) is 19.8 Å². The van der Waals surface area contributed by atoms with Gasteiger partial charge in [0.25, 0.3) is 0 Å². The fourth-order valence-electron chi connectivity index (χ4n) is 3.97. The number of esters is 2. The van der Waals surface area contributed by atoms with Crippen molar-refractivity contribution in [2.45, 2.75) is 56.9 Å². The molecule has 1 saturated heterocycles. The van der Waals surface area contributed by atoms with Gasteiger partial charge >= 0.3 is 25.4 Å². The van der Waals surface area contributed by atoms with Crippen LogP contribution >= 0.6 is 7.75 Å². The molecule has 0 saturated carbocycles. The van der Waals surface area contributed by atoms with Gasteiger partial charge in [0.2, 0.25) is 5.72 Å². The molecular weight excluding hydrogens is 593 g/mol. The molecule has 0 radical (unpaired) electrons. The first-order valence-electron chi connectivity index (χ1n) is 13.0. The monoisotopic (exact) mass is 625 g/mol. The van der Waals surface area contributed by atoms with E-state index in [1.54, 1.807) is 32.0 Å². The number of para-hydroxylation sites is 1. The Morgan fingerprint density at radius 3 is 2.58 bits per heavy atom. The second-order valence-corrected chi connectivity index (χ2v) is 10.7. The number of aromatic nitrogens is 2. The second-order valence-electron chi connectivity index (χ2n) is 8.97. The molecule has 0 spiro atoms. The van der Waals surface area contributed by atoms with Gasteiger partial charge in [-0.25, -0.2) is 9.36 Å². The smallest absolute Gasteiger partial charge is 0.459 e. The van der Waals surface area contributed by atoms with Crippen LogP contribution in [-0.4, -0.2) is 75.5 Å². The van der Waals surface area contributed by atoms with E-state index in [9.17, 15) is 34.7 Å². The van der Waals surface area contributed by atoms with Crippen molar-refractivity contribution in [1.82, 2.24) is 14.6 Å². The predicted molar refractivity (Wildman–Crippen MR) is 147 cm³/mol. The maximum atomic E-state index is 14.1. The number of nitrogens with zero attached hydrogens (tertiary/aromatic N) is 5. The van der Waals surface area contributed by atoms with Gasteiger partial charge in [0.1, 0.15) is 29.8 Å². The van der Waals surface area contributed by atoms with Gasteiger partial charge in [-0.05, 0) is 44.0 Å². The Morgan fingerprint density at radius 1 is 1.26 bits per heavy atom. The Morgan fingerprint density at radius 2 is 1.95 bits per heavy atom. The zero-order chi connectivity index (χ0) is 31.6. The molecule has 2 heterocycles. The highest BCUT2D eigenvalue weighted by molar-refractivity contribution is 7.52. The van der Waals surface area contributed by atoms with Gasteiger partial charge in [0.15, 0.2) is 6.23 Å². The fourth-order valence-corrected chi connectivity index (χ4v) is 5.52. The van der Waals surface area contributed by atoms with Crippen LogP contribution in [0.2, 0.25) is 0 Å². The molecule has 0 bridgehead atoms. The first-order valence-corrected chi connectivity index (χ1v) is 14.6. The lowest BCUT2D eigenvalue weighted by atomic mass is 10.1. The molecule has 3 rings (SSSR count). The van der Waals surface area contributed by atoms with Gasteiger partial charge in [-0.1, -0.05) is 23.3 Å². The van der Waals surface area contributed by atoms with E-state index in [1.165, 1.54) is 18.2 Å². The molecule has 1 aliphatic rings. The standard InChI is InChI=1S/C24H32N7O11P/c1-3-38-18(32)11-10-16(22(35)39-4-2)28-43(37,42-15-8-6-5-7-9-15)40-14-24(29-30-26)20(34)19(33)21(41-24)31-13-12-17(25)27-23(31)36/h5-9,12-13,16,19-21,33-34H,3-4,10-11,14H2,1-2H3,(H,28,37)(H2,25,27,36)/t16-,19+,20-,21+,24+,43?/m0/s1. The minimum Gasteiger partial charge on any atom is -0.466 e. The van der Waals surface area contributed by atoms with Crippen LogP contribution in [0.4, 0.5) is 5.82 Å². The molecule has 1 unspecified atom stereocenters. The summed E-state index contributed by atoms with van der Waals surface area (Å²) in [5, 5.41) is 27.5. The lowest BCUT2D eigenvalue weighted by Gasteiger charge is -2.30. The summed E-state index contributed by atoms with van der Waals surface area (Å²) in [4.78, 5) is 43.3. The number of hydrogen-bond acceptors (Lipinski definition) is 14. The van der Waals surface area contributed by atoms with Crippen molar-refractivity contribution in [3.8, 4) is 5.75 Å². The van der Waals surface area contributed by atoms with Crippen molar-refractivity contribution in [2.24, 2.45) is 5.11 Å². The maximum Gasteiger partial charge on any atom is 0.459 e. The molecule has 1 aliphatic heterocycles. The molecule has 1 aromatic carbocycles. The third-order valence-corrected chi connectivity index (χ3v) is 7.53. The summed E-state index contributed by atoms with van der Waals surface area (Å²) in [5.41, 5.74) is 11.4. The van der Waals surface area contributed by atoms with Gasteiger partial charge in [0, 0.05) is 17.5 Å². The lowest BCUT2D eigenvalue weighted by molar-refractivity contribution is -0.146. The maximum absolute atomic E-state index is 14.1. The van der Waals surface area contributed by atoms with Crippen LogP contribution in [0.5, 0.6) is 5.75 Å². The average Bonchev–Trinajstić information content (AvgIpc) is 3.20. The molecular formula is C24H32N7O11P. The number of aliphatic hydroxyl groups is 2. The third kappa shape index (κ3) is 8.52. The number of anilines is 1. The first-order chi connectivity index (χ1) is 20.5. The molecule has 0 amide bonds. The number of carbonyl (C=O) groups excluding carboxylic acids is 2. The fraction of sp³-hybridized carbons (Fsp3) is 0.500. The number of nitrogens with two attached hydrogens (primary N) is 1. The third-order valence-electron chi connectivity index (χ3n) is 5.98. The topological polar surface area (TPSA) is 260 Å². The molecule has 5 N–H and O–H groups in total. The average molecular weight is 626 g/mol. The SMILES string of the molecule is CCOC(=O)CC[C@H](NP(=O)(OC[C@@]1(N=[N+]=[N-])O[C@@H](n2ccc(N)nc2=O)[C@H](O)[C@@H]1O)Oc1ccccc1)C(=O)OCC. The molecule has 19 heteroatoms. The Bertz CT molecular complexity index is 1420. The molecule has 18 nitrogen and oxygen atoms in total. The van der Waals surface area contributed by atoms with Crippen LogP contribution in [0.3, 0.4) is 0 Å². The van der Waals surface area contributed by atoms with Crippen molar-refractivity contribution in [3.63, 3.8) is 0 Å². The lowest BCUT2D eigenvalue weighted by Crippen LogP contribution is -2.46. The van der Waals surface area contributed by atoms with Crippen LogP contribution in [0.25, 0.3) is 10.4 Å². The van der Waals surface area contributed by atoms with Crippen molar-refractivity contribution < 1.29 is 47.6 Å². The summed E-state index contributed by atoms with van der Waals surface area (Å²) in [6.45, 7) is 2.19. The number of azide groups is 1. The van der Waals surface area contributed by atoms with E-state index < -0.39 is 62.2 Å². The minimum atomic E-state index is -4.68. The second kappa shape index (κ2) is 14.9. The first kappa shape index (κ1) is 33.5. The zero-order valence-corrected chi connectivity index (χ0v) is 24.1. The molecule has 2 aromatic rings. The molecule has 1 fully saturated rings. The largest absolute Gasteiger partial charge is 0.466 e. The number of nitrogens with one attached hydrogen (secondary N) is 1. The highest BCUT2D eigenvalue weighted by Gasteiger charge is 2.56. The van der Waals surface area contributed by atoms with Crippen molar-refractivity contribution in [2.75, 3.05) is 25.6 Å². The van der Waals surface area contributed by atoms with Crippen molar-refractivity contribution in [3.05, 3.63) is 63.5 Å². The molecule has 1 aromatic heterocycles. The molecule has 43 heavy (non-hydrogen) atoms. The molecule has 234 valence electrons. The minimum absolute atomic E-state index is 0.0227. The summed E-state index contributed by atoms with van der Waals surface area (Å²) in [6.07, 6.45) is -4.89. The van der Waals surface area contributed by atoms with E-state index in [1.807, 2.05) is 0 Å². The summed E-state index contributed by atoms with van der Waals surface area (Å²) in [7, 11) is -4.68. The van der Waals surface area contributed by atoms with Crippen LogP contribution in [0, 0.1) is 0 Å². The number of aliphatic hydroxyl groups excluding tert-OH is 2. The van der Waals surface area contributed by atoms with E-state index in [0.717, 1.165) is 10.8 Å². The van der Waals surface area contributed by atoms with Crippen LogP contribution in [0.1, 0.15) is 32.9 Å². The van der Waals surface area contributed by atoms with Gasteiger partial charge in [-0.2, -0.15) is 10.1 Å². The Kier molecular flexibility index (Phi) is 11.6. The molecule has 6 atom stereocenters. The van der Waals surface area contributed by atoms with Gasteiger partial charge < -0.3 is 34.7 Å². The van der Waals surface area contributed by atoms with Crippen LogP contribution < -0.4 is 21.0 Å².